The molecule has 7 heteroatoms. The van der Waals surface area contributed by atoms with Crippen molar-refractivity contribution in [3.63, 3.8) is 0 Å². The van der Waals surface area contributed by atoms with Crippen molar-refractivity contribution in [3.05, 3.63) is 53.0 Å². The Hall–Kier alpha value is -2.96. The molecule has 2 aliphatic heterocycles. The molecular formula is C22H27N5O2. The molecule has 1 aromatic carbocycles. The van der Waals surface area contributed by atoms with Crippen LogP contribution in [-0.4, -0.2) is 58.3 Å². The van der Waals surface area contributed by atoms with Crippen molar-refractivity contribution in [2.45, 2.75) is 38.6 Å². The third kappa shape index (κ3) is 3.95. The van der Waals surface area contributed by atoms with Crippen LogP contribution in [0.2, 0.25) is 0 Å². The summed E-state index contributed by atoms with van der Waals surface area (Å²) in [7, 11) is 1.87. The van der Waals surface area contributed by atoms with E-state index in [4.69, 9.17) is 9.97 Å². The molecule has 2 amide bonds. The van der Waals surface area contributed by atoms with E-state index in [1.54, 1.807) is 6.92 Å². The van der Waals surface area contributed by atoms with Gasteiger partial charge in [-0.15, -0.1) is 0 Å². The second-order valence-corrected chi connectivity index (χ2v) is 7.75. The maximum absolute atomic E-state index is 12.9. The molecule has 1 atom stereocenters. The Labute approximate surface area is 171 Å². The zero-order valence-electron chi connectivity index (χ0n) is 17.0. The van der Waals surface area contributed by atoms with Gasteiger partial charge in [0, 0.05) is 50.7 Å². The lowest BCUT2D eigenvalue weighted by atomic mass is 9.96. The number of hydrogen-bond acceptors (Lipinski definition) is 5. The Kier molecular flexibility index (Phi) is 5.47. The second kappa shape index (κ2) is 8.19. The van der Waals surface area contributed by atoms with Crippen LogP contribution in [0.25, 0.3) is 0 Å². The highest BCUT2D eigenvalue weighted by Crippen LogP contribution is 2.30. The Balaban J connectivity index is 1.60. The van der Waals surface area contributed by atoms with E-state index in [1.165, 1.54) is 0 Å². The number of fused-ring (bicyclic) bond motifs is 1. The maximum atomic E-state index is 12.9. The third-order valence-corrected chi connectivity index (χ3v) is 5.86. The fourth-order valence-electron chi connectivity index (χ4n) is 4.25. The van der Waals surface area contributed by atoms with Gasteiger partial charge >= 0.3 is 0 Å². The number of piperidine rings is 1. The summed E-state index contributed by atoms with van der Waals surface area (Å²) < 4.78 is 0. The van der Waals surface area contributed by atoms with Crippen LogP contribution in [0.3, 0.4) is 0 Å². The SMILES string of the molecule is CNc1nc([C@H]2CCCN(C(C)=O)C2)nc2c1CCN(C(=O)c1ccccc1)C2. The normalized spacial score (nSPS) is 18.9. The van der Waals surface area contributed by atoms with Crippen molar-refractivity contribution >= 4 is 17.6 Å². The summed E-state index contributed by atoms with van der Waals surface area (Å²) in [5.41, 5.74) is 2.70. The molecule has 0 bridgehead atoms. The highest BCUT2D eigenvalue weighted by atomic mass is 16.2. The molecule has 152 valence electrons. The van der Waals surface area contributed by atoms with Gasteiger partial charge in [-0.1, -0.05) is 18.2 Å². The number of nitrogens with one attached hydrogen (secondary N) is 1. The summed E-state index contributed by atoms with van der Waals surface area (Å²) in [6.07, 6.45) is 2.66. The first-order valence-electron chi connectivity index (χ1n) is 10.2. The Morgan fingerprint density at radius 1 is 1.10 bits per heavy atom. The van der Waals surface area contributed by atoms with Gasteiger partial charge in [-0.05, 0) is 31.4 Å². The van der Waals surface area contributed by atoms with E-state index in [0.29, 0.717) is 25.2 Å². The van der Waals surface area contributed by atoms with E-state index in [-0.39, 0.29) is 17.7 Å². The molecule has 1 N–H and O–H groups in total. The highest BCUT2D eigenvalue weighted by Gasteiger charge is 2.29. The molecule has 0 saturated carbocycles. The molecule has 4 rings (SSSR count). The topological polar surface area (TPSA) is 78.4 Å². The number of likely N-dealkylation sites (tertiary alicyclic amines) is 1. The molecule has 0 unspecified atom stereocenters. The van der Waals surface area contributed by atoms with Crippen molar-refractivity contribution in [2.75, 3.05) is 32.0 Å². The first kappa shape index (κ1) is 19.4. The van der Waals surface area contributed by atoms with Crippen molar-refractivity contribution in [2.24, 2.45) is 0 Å². The number of rotatable bonds is 3. The molecule has 1 saturated heterocycles. The molecule has 1 fully saturated rings. The summed E-state index contributed by atoms with van der Waals surface area (Å²) in [6.45, 7) is 4.21. The van der Waals surface area contributed by atoms with Crippen LogP contribution in [0.4, 0.5) is 5.82 Å². The van der Waals surface area contributed by atoms with Crippen LogP contribution < -0.4 is 5.32 Å². The van der Waals surface area contributed by atoms with Gasteiger partial charge in [-0.25, -0.2) is 9.97 Å². The van der Waals surface area contributed by atoms with Gasteiger partial charge < -0.3 is 15.1 Å². The fraction of sp³-hybridized carbons (Fsp3) is 0.455. The average Bonchev–Trinajstić information content (AvgIpc) is 2.78. The van der Waals surface area contributed by atoms with Gasteiger partial charge in [-0.3, -0.25) is 9.59 Å². The molecule has 2 aliphatic rings. The van der Waals surface area contributed by atoms with E-state index in [9.17, 15) is 9.59 Å². The van der Waals surface area contributed by atoms with E-state index in [1.807, 2.05) is 47.2 Å². The van der Waals surface area contributed by atoms with Gasteiger partial charge in [0.25, 0.3) is 5.91 Å². The summed E-state index contributed by atoms with van der Waals surface area (Å²) in [5, 5.41) is 3.21. The Bertz CT molecular complexity index is 915. The first-order valence-corrected chi connectivity index (χ1v) is 10.2. The van der Waals surface area contributed by atoms with Crippen LogP contribution in [0.15, 0.2) is 30.3 Å². The summed E-state index contributed by atoms with van der Waals surface area (Å²) in [6, 6.07) is 9.37. The van der Waals surface area contributed by atoms with E-state index >= 15 is 0 Å². The highest BCUT2D eigenvalue weighted by molar-refractivity contribution is 5.94. The predicted octanol–water partition coefficient (Wildman–Crippen LogP) is 2.44. The molecule has 0 radical (unpaired) electrons. The van der Waals surface area contributed by atoms with Gasteiger partial charge in [-0.2, -0.15) is 0 Å². The van der Waals surface area contributed by atoms with Crippen molar-refractivity contribution in [1.29, 1.82) is 0 Å². The molecule has 29 heavy (non-hydrogen) atoms. The van der Waals surface area contributed by atoms with Gasteiger partial charge in [0.2, 0.25) is 5.91 Å². The van der Waals surface area contributed by atoms with Crippen LogP contribution in [0, 0.1) is 0 Å². The van der Waals surface area contributed by atoms with Crippen molar-refractivity contribution in [1.82, 2.24) is 19.8 Å². The molecule has 3 heterocycles. The zero-order chi connectivity index (χ0) is 20.4. The molecule has 1 aromatic heterocycles. The van der Waals surface area contributed by atoms with E-state index in [2.05, 4.69) is 5.32 Å². The number of carbonyl (C=O) groups is 2. The Morgan fingerprint density at radius 2 is 1.90 bits per heavy atom. The minimum absolute atomic E-state index is 0.0304. The summed E-state index contributed by atoms with van der Waals surface area (Å²) in [5.74, 6) is 1.87. The molecule has 0 aliphatic carbocycles. The summed E-state index contributed by atoms with van der Waals surface area (Å²) >= 11 is 0. The van der Waals surface area contributed by atoms with Gasteiger partial charge in [0.15, 0.2) is 0 Å². The average molecular weight is 393 g/mol. The molecule has 7 nitrogen and oxygen atoms in total. The van der Waals surface area contributed by atoms with Crippen molar-refractivity contribution in [3.8, 4) is 0 Å². The Morgan fingerprint density at radius 3 is 2.62 bits per heavy atom. The van der Waals surface area contributed by atoms with Crippen molar-refractivity contribution < 1.29 is 9.59 Å². The number of nitrogens with zero attached hydrogens (tertiary/aromatic N) is 4. The number of amides is 2. The fourth-order valence-corrected chi connectivity index (χ4v) is 4.25. The van der Waals surface area contributed by atoms with E-state index in [0.717, 1.165) is 48.7 Å². The smallest absolute Gasteiger partial charge is 0.254 e. The van der Waals surface area contributed by atoms with Crippen LogP contribution in [0.1, 0.15) is 53.1 Å². The lowest BCUT2D eigenvalue weighted by molar-refractivity contribution is -0.130. The third-order valence-electron chi connectivity index (χ3n) is 5.86. The zero-order valence-corrected chi connectivity index (χ0v) is 17.0. The summed E-state index contributed by atoms with van der Waals surface area (Å²) in [4.78, 5) is 38.1. The molecule has 0 spiro atoms. The van der Waals surface area contributed by atoms with Crippen LogP contribution in [0.5, 0.6) is 0 Å². The van der Waals surface area contributed by atoms with Gasteiger partial charge in [0.05, 0.1) is 12.2 Å². The molecule has 2 aromatic rings. The minimum Gasteiger partial charge on any atom is -0.373 e. The number of hydrogen-bond donors (Lipinski definition) is 1. The second-order valence-electron chi connectivity index (χ2n) is 7.75. The number of aromatic nitrogens is 2. The molecular weight excluding hydrogens is 366 g/mol. The lowest BCUT2D eigenvalue weighted by Crippen LogP contribution is -2.39. The standard InChI is InChI=1S/C22H27N5O2/c1-15(28)26-11-6-9-17(13-26)20-24-19-14-27(12-10-18(19)21(23-2)25-20)22(29)16-7-4-3-5-8-16/h3-5,7-8,17H,6,9-14H2,1-2H3,(H,23,24,25)/t17-/m0/s1. The maximum Gasteiger partial charge on any atom is 0.254 e. The van der Waals surface area contributed by atoms with Crippen LogP contribution in [-0.2, 0) is 17.8 Å². The number of benzene rings is 1. The first-order chi connectivity index (χ1) is 14.1. The minimum atomic E-state index is 0.0304. The predicted molar refractivity (Wildman–Crippen MR) is 111 cm³/mol. The lowest BCUT2D eigenvalue weighted by Gasteiger charge is -2.33. The van der Waals surface area contributed by atoms with Gasteiger partial charge in [0.1, 0.15) is 11.6 Å². The largest absolute Gasteiger partial charge is 0.373 e. The van der Waals surface area contributed by atoms with E-state index < -0.39 is 0 Å². The monoisotopic (exact) mass is 393 g/mol. The number of anilines is 1. The number of carbonyl (C=O) groups excluding carboxylic acids is 2. The van der Waals surface area contributed by atoms with Crippen LogP contribution >= 0.6 is 0 Å². The quantitative estimate of drug-likeness (QED) is 0.867.